The first-order chi connectivity index (χ1) is 6.18. The molecule has 1 aliphatic heterocycles. The Balaban J connectivity index is 2.56. The predicted octanol–water partition coefficient (Wildman–Crippen LogP) is -0.344. The Morgan fingerprint density at radius 2 is 2.08 bits per heavy atom. The molecule has 0 bridgehead atoms. The number of hydrogen-bond acceptors (Lipinski definition) is 4. The molecule has 1 N–H and O–H groups in total. The lowest BCUT2D eigenvalue weighted by atomic mass is 10.3. The normalized spacial score (nSPS) is 15.8. The number of rotatable bonds is 0. The van der Waals surface area contributed by atoms with E-state index < -0.39 is 0 Å². The molecule has 13 heavy (non-hydrogen) atoms. The van der Waals surface area contributed by atoms with Crippen LogP contribution in [0.5, 0.6) is 0 Å². The number of nitrogens with one attached hydrogen (secondary N) is 1. The van der Waals surface area contributed by atoms with Crippen LogP contribution in [0.1, 0.15) is 0 Å². The molecule has 0 radical (unpaired) electrons. The molecule has 1 aliphatic rings. The summed E-state index contributed by atoms with van der Waals surface area (Å²) in [6.07, 6.45) is 1.61. The predicted molar refractivity (Wildman–Crippen MR) is 51.4 cm³/mol. The largest absolute Gasteiger partial charge is 0.369 e. The molecular formula is C8H12N4O. The van der Waals surface area contributed by atoms with Gasteiger partial charge in [-0.2, -0.15) is 4.98 Å². The summed E-state index contributed by atoms with van der Waals surface area (Å²) in [6, 6.07) is 0. The molecule has 0 atom stereocenters. The first kappa shape index (κ1) is 8.10. The van der Waals surface area contributed by atoms with E-state index >= 15 is 0 Å². The standard InChI is InChI=1S/C8H12N4O/c1-11-3-4-12(2)7-6(11)5-9-8(13)10-7/h5H,3-4H2,1-2H3,(H,9,10,13). The SMILES string of the molecule is CN1CCN(C)c2[nH]c(=O)ncc21. The number of aromatic nitrogens is 2. The summed E-state index contributed by atoms with van der Waals surface area (Å²) in [4.78, 5) is 21.5. The van der Waals surface area contributed by atoms with Gasteiger partial charge >= 0.3 is 5.69 Å². The molecular weight excluding hydrogens is 168 g/mol. The van der Waals surface area contributed by atoms with Crippen molar-refractivity contribution < 1.29 is 0 Å². The van der Waals surface area contributed by atoms with Crippen LogP contribution in [-0.4, -0.2) is 37.2 Å². The first-order valence-electron chi connectivity index (χ1n) is 4.20. The zero-order chi connectivity index (χ0) is 9.42. The Morgan fingerprint density at radius 1 is 1.38 bits per heavy atom. The van der Waals surface area contributed by atoms with Crippen LogP contribution in [0.3, 0.4) is 0 Å². The third-order valence-corrected chi connectivity index (χ3v) is 2.34. The number of nitrogens with zero attached hydrogens (tertiary/aromatic N) is 3. The van der Waals surface area contributed by atoms with Gasteiger partial charge in [0.05, 0.1) is 11.9 Å². The molecule has 2 heterocycles. The van der Waals surface area contributed by atoms with E-state index in [1.54, 1.807) is 6.20 Å². The molecule has 0 aromatic carbocycles. The Hall–Kier alpha value is -1.52. The summed E-state index contributed by atoms with van der Waals surface area (Å²) in [7, 11) is 3.95. The van der Waals surface area contributed by atoms with Gasteiger partial charge in [-0.15, -0.1) is 0 Å². The summed E-state index contributed by atoms with van der Waals surface area (Å²) in [5.74, 6) is 0.855. The number of anilines is 2. The first-order valence-corrected chi connectivity index (χ1v) is 4.20. The average molecular weight is 180 g/mol. The summed E-state index contributed by atoms with van der Waals surface area (Å²) >= 11 is 0. The summed E-state index contributed by atoms with van der Waals surface area (Å²) in [5, 5.41) is 0. The van der Waals surface area contributed by atoms with Crippen molar-refractivity contribution in [3.8, 4) is 0 Å². The molecule has 1 aromatic rings. The monoisotopic (exact) mass is 180 g/mol. The van der Waals surface area contributed by atoms with Gasteiger partial charge in [0.25, 0.3) is 0 Å². The molecule has 0 aliphatic carbocycles. The molecule has 0 saturated carbocycles. The molecule has 2 rings (SSSR count). The van der Waals surface area contributed by atoms with E-state index in [-0.39, 0.29) is 5.69 Å². The van der Waals surface area contributed by atoms with Crippen molar-refractivity contribution in [2.75, 3.05) is 37.0 Å². The average Bonchev–Trinajstić information content (AvgIpc) is 2.12. The fourth-order valence-electron chi connectivity index (χ4n) is 1.48. The number of hydrogen-bond donors (Lipinski definition) is 1. The molecule has 0 saturated heterocycles. The van der Waals surface area contributed by atoms with Crippen molar-refractivity contribution in [2.24, 2.45) is 0 Å². The molecule has 1 aromatic heterocycles. The Morgan fingerprint density at radius 3 is 2.85 bits per heavy atom. The van der Waals surface area contributed by atoms with Crippen LogP contribution in [0, 0.1) is 0 Å². The lowest BCUT2D eigenvalue weighted by Gasteiger charge is -2.33. The van der Waals surface area contributed by atoms with Crippen LogP contribution in [0.2, 0.25) is 0 Å². The van der Waals surface area contributed by atoms with Crippen LogP contribution < -0.4 is 15.5 Å². The third-order valence-electron chi connectivity index (χ3n) is 2.34. The highest BCUT2D eigenvalue weighted by Gasteiger charge is 2.18. The molecule has 5 nitrogen and oxygen atoms in total. The van der Waals surface area contributed by atoms with Gasteiger partial charge in [0.2, 0.25) is 0 Å². The Kier molecular flexibility index (Phi) is 1.72. The van der Waals surface area contributed by atoms with E-state index in [2.05, 4.69) is 14.9 Å². The van der Waals surface area contributed by atoms with Crippen LogP contribution in [0.15, 0.2) is 11.0 Å². The van der Waals surface area contributed by atoms with E-state index in [0.29, 0.717) is 0 Å². The fraction of sp³-hybridized carbons (Fsp3) is 0.500. The molecule has 0 fully saturated rings. The van der Waals surface area contributed by atoms with Crippen LogP contribution in [-0.2, 0) is 0 Å². The second-order valence-corrected chi connectivity index (χ2v) is 3.27. The maximum absolute atomic E-state index is 11.0. The maximum Gasteiger partial charge on any atom is 0.346 e. The van der Waals surface area contributed by atoms with E-state index in [9.17, 15) is 4.79 Å². The topological polar surface area (TPSA) is 52.2 Å². The minimum absolute atomic E-state index is 0.291. The highest BCUT2D eigenvalue weighted by atomic mass is 16.1. The van der Waals surface area contributed by atoms with Crippen molar-refractivity contribution in [3.63, 3.8) is 0 Å². The molecule has 0 spiro atoms. The molecule has 5 heteroatoms. The summed E-state index contributed by atoms with van der Waals surface area (Å²) < 4.78 is 0. The van der Waals surface area contributed by atoms with Gasteiger partial charge in [-0.05, 0) is 0 Å². The minimum atomic E-state index is -0.291. The number of fused-ring (bicyclic) bond motifs is 1. The van der Waals surface area contributed by atoms with Crippen molar-refractivity contribution in [1.29, 1.82) is 0 Å². The summed E-state index contributed by atoms with van der Waals surface area (Å²) in [6.45, 7) is 1.88. The number of H-pyrrole nitrogens is 1. The molecule has 0 unspecified atom stereocenters. The minimum Gasteiger partial charge on any atom is -0.369 e. The quantitative estimate of drug-likeness (QED) is 0.593. The highest BCUT2D eigenvalue weighted by molar-refractivity contribution is 5.67. The van der Waals surface area contributed by atoms with Crippen LogP contribution in [0.25, 0.3) is 0 Å². The van der Waals surface area contributed by atoms with Crippen molar-refractivity contribution >= 4 is 11.5 Å². The molecule has 70 valence electrons. The van der Waals surface area contributed by atoms with Crippen molar-refractivity contribution in [3.05, 3.63) is 16.7 Å². The van der Waals surface area contributed by atoms with Gasteiger partial charge in [-0.3, -0.25) is 4.98 Å². The third kappa shape index (κ3) is 1.26. The van der Waals surface area contributed by atoms with E-state index in [4.69, 9.17) is 0 Å². The van der Waals surface area contributed by atoms with Crippen LogP contribution >= 0.6 is 0 Å². The van der Waals surface area contributed by atoms with E-state index in [1.165, 1.54) is 0 Å². The second kappa shape index (κ2) is 2.76. The Labute approximate surface area is 76.0 Å². The zero-order valence-electron chi connectivity index (χ0n) is 7.74. The van der Waals surface area contributed by atoms with E-state index in [1.807, 2.05) is 19.0 Å². The number of aromatic amines is 1. The van der Waals surface area contributed by atoms with Crippen molar-refractivity contribution in [2.45, 2.75) is 0 Å². The second-order valence-electron chi connectivity index (χ2n) is 3.27. The highest BCUT2D eigenvalue weighted by Crippen LogP contribution is 2.25. The number of likely N-dealkylation sites (N-methyl/N-ethyl adjacent to an activating group) is 2. The van der Waals surface area contributed by atoms with Gasteiger partial charge in [0.1, 0.15) is 5.82 Å². The summed E-state index contributed by atoms with van der Waals surface area (Å²) in [5.41, 5.74) is 0.689. The lowest BCUT2D eigenvalue weighted by molar-refractivity contribution is 0.771. The fourth-order valence-corrected chi connectivity index (χ4v) is 1.48. The smallest absolute Gasteiger partial charge is 0.346 e. The van der Waals surface area contributed by atoms with E-state index in [0.717, 1.165) is 24.6 Å². The van der Waals surface area contributed by atoms with Crippen LogP contribution in [0.4, 0.5) is 11.5 Å². The van der Waals surface area contributed by atoms with Gasteiger partial charge in [-0.25, -0.2) is 4.79 Å². The van der Waals surface area contributed by atoms with Gasteiger partial charge in [0.15, 0.2) is 0 Å². The maximum atomic E-state index is 11.0. The van der Waals surface area contributed by atoms with Gasteiger partial charge in [-0.1, -0.05) is 0 Å². The van der Waals surface area contributed by atoms with Gasteiger partial charge in [0, 0.05) is 27.2 Å². The van der Waals surface area contributed by atoms with Crippen molar-refractivity contribution in [1.82, 2.24) is 9.97 Å². The zero-order valence-corrected chi connectivity index (χ0v) is 7.74. The lowest BCUT2D eigenvalue weighted by Crippen LogP contribution is -2.38. The molecule has 0 amide bonds. The Bertz CT molecular complexity index is 373. The van der Waals surface area contributed by atoms with Gasteiger partial charge < -0.3 is 9.80 Å².